The maximum atomic E-state index is 5.58. The van der Waals surface area contributed by atoms with Crippen molar-refractivity contribution in [3.05, 3.63) is 30.1 Å². The molecule has 0 saturated heterocycles. The summed E-state index contributed by atoms with van der Waals surface area (Å²) in [6.45, 7) is 4.88. The Hall–Kier alpha value is -0.930. The van der Waals surface area contributed by atoms with Crippen LogP contribution in [0.25, 0.3) is 0 Å². The molecule has 2 atom stereocenters. The van der Waals surface area contributed by atoms with Crippen molar-refractivity contribution in [3.8, 4) is 0 Å². The second kappa shape index (κ2) is 6.53. The smallest absolute Gasteiger partial charge is 0.0702 e. The van der Waals surface area contributed by atoms with Gasteiger partial charge < -0.3 is 10.1 Å². The van der Waals surface area contributed by atoms with Crippen molar-refractivity contribution in [1.29, 1.82) is 0 Å². The fourth-order valence-corrected chi connectivity index (χ4v) is 1.65. The van der Waals surface area contributed by atoms with Gasteiger partial charge in [0.15, 0.2) is 0 Å². The fraction of sp³-hybridized carbons (Fsp3) is 0.583. The summed E-state index contributed by atoms with van der Waals surface area (Å²) >= 11 is 0. The van der Waals surface area contributed by atoms with E-state index in [1.165, 1.54) is 5.56 Å². The molecule has 0 saturated carbocycles. The molecule has 0 aromatic carbocycles. The first-order valence-electron chi connectivity index (χ1n) is 5.45. The van der Waals surface area contributed by atoms with Gasteiger partial charge in [0.25, 0.3) is 0 Å². The van der Waals surface area contributed by atoms with Crippen molar-refractivity contribution in [2.24, 2.45) is 0 Å². The highest BCUT2D eigenvalue weighted by Gasteiger charge is 2.15. The number of hydrogen-bond acceptors (Lipinski definition) is 3. The van der Waals surface area contributed by atoms with Crippen molar-refractivity contribution >= 4 is 0 Å². The highest BCUT2D eigenvalue weighted by Crippen LogP contribution is 2.06. The molecule has 2 unspecified atom stereocenters. The second-order valence-corrected chi connectivity index (χ2v) is 3.62. The van der Waals surface area contributed by atoms with E-state index in [1.54, 1.807) is 6.20 Å². The minimum atomic E-state index is 0.222. The van der Waals surface area contributed by atoms with E-state index in [2.05, 4.69) is 23.3 Å². The van der Waals surface area contributed by atoms with Crippen molar-refractivity contribution in [1.82, 2.24) is 10.3 Å². The van der Waals surface area contributed by atoms with E-state index in [9.17, 15) is 0 Å². The zero-order chi connectivity index (χ0) is 11.1. The van der Waals surface area contributed by atoms with E-state index in [-0.39, 0.29) is 6.10 Å². The first kappa shape index (κ1) is 12.1. The molecule has 1 aromatic rings. The molecule has 0 aliphatic rings. The van der Waals surface area contributed by atoms with E-state index in [0.29, 0.717) is 6.04 Å². The molecule has 1 rings (SSSR count). The number of hydrogen-bond donors (Lipinski definition) is 1. The summed E-state index contributed by atoms with van der Waals surface area (Å²) in [5, 5.41) is 3.28. The van der Waals surface area contributed by atoms with Gasteiger partial charge in [0.05, 0.1) is 6.10 Å². The molecule has 3 heteroatoms. The Kier molecular flexibility index (Phi) is 5.29. The number of aromatic nitrogens is 1. The highest BCUT2D eigenvalue weighted by atomic mass is 16.5. The van der Waals surface area contributed by atoms with Gasteiger partial charge >= 0.3 is 0 Å². The van der Waals surface area contributed by atoms with Crippen LogP contribution in [0.15, 0.2) is 24.5 Å². The van der Waals surface area contributed by atoms with Crippen LogP contribution in [0.3, 0.4) is 0 Å². The molecule has 1 N–H and O–H groups in total. The molecule has 0 aliphatic heterocycles. The first-order chi connectivity index (χ1) is 7.27. The minimum Gasteiger partial charge on any atom is -0.377 e. The van der Waals surface area contributed by atoms with Crippen LogP contribution in [0.4, 0.5) is 0 Å². The molecular formula is C12H20N2O. The molecule has 1 heterocycles. The predicted octanol–water partition coefficient (Wildman–Crippen LogP) is 1.64. The lowest BCUT2D eigenvalue weighted by molar-refractivity contribution is 0.0496. The van der Waals surface area contributed by atoms with Gasteiger partial charge in [-0.25, -0.2) is 0 Å². The van der Waals surface area contributed by atoms with Crippen LogP contribution in [-0.4, -0.2) is 30.8 Å². The molecule has 0 spiro atoms. The summed E-state index contributed by atoms with van der Waals surface area (Å²) < 4.78 is 5.58. The van der Waals surface area contributed by atoms with Gasteiger partial charge in [-0.2, -0.15) is 0 Å². The standard InChI is InChI=1S/C12H20N2O/c1-4-15-10(2)12(13-3)8-11-6-5-7-14-9-11/h5-7,9-10,12-13H,4,8H2,1-3H3. The summed E-state index contributed by atoms with van der Waals surface area (Å²) in [7, 11) is 1.97. The Balaban J connectivity index is 2.53. The van der Waals surface area contributed by atoms with Gasteiger partial charge in [0.2, 0.25) is 0 Å². The normalized spacial score (nSPS) is 14.9. The maximum Gasteiger partial charge on any atom is 0.0702 e. The quantitative estimate of drug-likeness (QED) is 0.771. The minimum absolute atomic E-state index is 0.222. The summed E-state index contributed by atoms with van der Waals surface area (Å²) in [6.07, 6.45) is 4.87. The lowest BCUT2D eigenvalue weighted by Crippen LogP contribution is -2.39. The Bertz CT molecular complexity index is 264. The maximum absolute atomic E-state index is 5.58. The number of pyridine rings is 1. The van der Waals surface area contributed by atoms with Crippen LogP contribution < -0.4 is 5.32 Å². The van der Waals surface area contributed by atoms with E-state index >= 15 is 0 Å². The molecule has 0 amide bonds. The average molecular weight is 208 g/mol. The Morgan fingerprint density at radius 1 is 1.53 bits per heavy atom. The van der Waals surface area contributed by atoms with Gasteiger partial charge in [-0.3, -0.25) is 4.98 Å². The Morgan fingerprint density at radius 3 is 2.87 bits per heavy atom. The summed E-state index contributed by atoms with van der Waals surface area (Å²) in [5.74, 6) is 0. The lowest BCUT2D eigenvalue weighted by atomic mass is 10.0. The Morgan fingerprint density at radius 2 is 2.33 bits per heavy atom. The van der Waals surface area contributed by atoms with Crippen molar-refractivity contribution < 1.29 is 4.74 Å². The van der Waals surface area contributed by atoms with Crippen molar-refractivity contribution in [3.63, 3.8) is 0 Å². The summed E-state index contributed by atoms with van der Waals surface area (Å²) in [5.41, 5.74) is 1.24. The molecule has 0 fully saturated rings. The molecular weight excluding hydrogens is 188 g/mol. The molecule has 0 radical (unpaired) electrons. The highest BCUT2D eigenvalue weighted by molar-refractivity contribution is 5.10. The topological polar surface area (TPSA) is 34.1 Å². The molecule has 84 valence electrons. The number of nitrogens with one attached hydrogen (secondary N) is 1. The molecule has 0 bridgehead atoms. The van der Waals surface area contributed by atoms with Crippen LogP contribution in [0.5, 0.6) is 0 Å². The predicted molar refractivity (Wildman–Crippen MR) is 61.9 cm³/mol. The van der Waals surface area contributed by atoms with Crippen molar-refractivity contribution in [2.75, 3.05) is 13.7 Å². The van der Waals surface area contributed by atoms with Gasteiger partial charge in [0.1, 0.15) is 0 Å². The molecule has 1 aromatic heterocycles. The van der Waals surface area contributed by atoms with E-state index in [1.807, 2.05) is 26.2 Å². The first-order valence-corrected chi connectivity index (χ1v) is 5.45. The molecule has 0 aliphatic carbocycles. The van der Waals surface area contributed by atoms with Gasteiger partial charge in [-0.05, 0) is 38.9 Å². The van der Waals surface area contributed by atoms with Crippen molar-refractivity contribution in [2.45, 2.75) is 32.4 Å². The second-order valence-electron chi connectivity index (χ2n) is 3.62. The van der Waals surface area contributed by atoms with Crippen LogP contribution >= 0.6 is 0 Å². The van der Waals surface area contributed by atoms with Gasteiger partial charge in [0, 0.05) is 25.0 Å². The number of likely N-dealkylation sites (N-methyl/N-ethyl adjacent to an activating group) is 1. The lowest BCUT2D eigenvalue weighted by Gasteiger charge is -2.23. The third kappa shape index (κ3) is 3.98. The van der Waals surface area contributed by atoms with Crippen LogP contribution in [0, 0.1) is 0 Å². The van der Waals surface area contributed by atoms with E-state index in [4.69, 9.17) is 4.74 Å². The molecule has 3 nitrogen and oxygen atoms in total. The number of rotatable bonds is 6. The summed E-state index contributed by atoms with van der Waals surface area (Å²) in [4.78, 5) is 4.11. The monoisotopic (exact) mass is 208 g/mol. The van der Waals surface area contributed by atoms with Crippen LogP contribution in [0.2, 0.25) is 0 Å². The number of nitrogens with zero attached hydrogens (tertiary/aromatic N) is 1. The zero-order valence-electron chi connectivity index (χ0n) is 9.73. The van der Waals surface area contributed by atoms with E-state index in [0.717, 1.165) is 13.0 Å². The number of ether oxygens (including phenoxy) is 1. The van der Waals surface area contributed by atoms with Crippen LogP contribution in [-0.2, 0) is 11.2 Å². The van der Waals surface area contributed by atoms with Gasteiger partial charge in [-0.1, -0.05) is 6.07 Å². The summed E-state index contributed by atoms with van der Waals surface area (Å²) in [6, 6.07) is 4.40. The zero-order valence-corrected chi connectivity index (χ0v) is 9.73. The fourth-order valence-electron chi connectivity index (χ4n) is 1.65. The molecule has 15 heavy (non-hydrogen) atoms. The van der Waals surface area contributed by atoms with E-state index < -0.39 is 0 Å². The van der Waals surface area contributed by atoms with Gasteiger partial charge in [-0.15, -0.1) is 0 Å². The third-order valence-electron chi connectivity index (χ3n) is 2.55. The SMILES string of the molecule is CCOC(C)C(Cc1cccnc1)NC. The largest absolute Gasteiger partial charge is 0.377 e. The average Bonchev–Trinajstić information content (AvgIpc) is 2.27. The Labute approximate surface area is 91.9 Å². The third-order valence-corrected chi connectivity index (χ3v) is 2.55. The van der Waals surface area contributed by atoms with Crippen LogP contribution in [0.1, 0.15) is 19.4 Å².